The molecule has 0 heterocycles. The van der Waals surface area contributed by atoms with Gasteiger partial charge in [-0.1, -0.05) is 30.3 Å². The molecule has 1 aromatic carbocycles. The Bertz CT molecular complexity index is 532. The fraction of sp³-hybridized carbons (Fsp3) is 0.650. The van der Waals surface area contributed by atoms with E-state index in [9.17, 15) is 4.79 Å². The van der Waals surface area contributed by atoms with Crippen LogP contribution in [-0.2, 0) is 10.2 Å². The highest BCUT2D eigenvalue weighted by molar-refractivity contribution is 5.68. The minimum Gasteiger partial charge on any atom is -0.444 e. The van der Waals surface area contributed by atoms with Crippen LogP contribution in [-0.4, -0.2) is 30.3 Å². The molecular formula is C20H32N2O2. The lowest BCUT2D eigenvalue weighted by Gasteiger charge is -2.25. The molecule has 4 nitrogen and oxygen atoms in total. The van der Waals surface area contributed by atoms with Crippen molar-refractivity contribution in [2.24, 2.45) is 0 Å². The predicted octanol–water partition coefficient (Wildman–Crippen LogP) is 4.00. The standard InChI is InChI=1S/C20H32N2O2/c1-15(13-16(2)22-18(23)24-19(3,4)5)21-14-20(11-12-20)17-9-7-6-8-10-17/h6-10,15-16,21H,11-14H2,1-5H3,(H,22,23)/t15-,16+/m1/s1. The summed E-state index contributed by atoms with van der Waals surface area (Å²) in [5, 5.41) is 6.55. The molecular weight excluding hydrogens is 300 g/mol. The number of nitrogens with one attached hydrogen (secondary N) is 2. The zero-order valence-corrected chi connectivity index (χ0v) is 15.7. The summed E-state index contributed by atoms with van der Waals surface area (Å²) in [7, 11) is 0. The molecule has 0 aromatic heterocycles. The van der Waals surface area contributed by atoms with Gasteiger partial charge in [0.25, 0.3) is 0 Å². The van der Waals surface area contributed by atoms with Crippen molar-refractivity contribution >= 4 is 6.09 Å². The average Bonchev–Trinajstić information content (AvgIpc) is 3.25. The molecule has 0 aliphatic heterocycles. The van der Waals surface area contributed by atoms with Crippen LogP contribution in [0.4, 0.5) is 4.79 Å². The first-order valence-corrected chi connectivity index (χ1v) is 8.99. The monoisotopic (exact) mass is 332 g/mol. The van der Waals surface area contributed by atoms with Gasteiger partial charge in [-0.3, -0.25) is 0 Å². The van der Waals surface area contributed by atoms with Crippen molar-refractivity contribution in [2.45, 2.75) is 77.0 Å². The van der Waals surface area contributed by atoms with Crippen LogP contribution in [0.3, 0.4) is 0 Å². The van der Waals surface area contributed by atoms with Gasteiger partial charge in [-0.15, -0.1) is 0 Å². The maximum absolute atomic E-state index is 11.8. The molecule has 2 atom stereocenters. The first-order valence-electron chi connectivity index (χ1n) is 8.99. The molecule has 1 aliphatic carbocycles. The Balaban J connectivity index is 1.73. The molecule has 4 heteroatoms. The second-order valence-electron chi connectivity index (χ2n) is 8.21. The normalized spacial score (nSPS) is 18.5. The van der Waals surface area contributed by atoms with Crippen LogP contribution < -0.4 is 10.6 Å². The van der Waals surface area contributed by atoms with E-state index < -0.39 is 5.60 Å². The van der Waals surface area contributed by atoms with E-state index in [0.29, 0.717) is 11.5 Å². The smallest absolute Gasteiger partial charge is 0.407 e. The molecule has 2 rings (SSSR count). The molecule has 0 unspecified atom stereocenters. The second kappa shape index (κ2) is 7.56. The van der Waals surface area contributed by atoms with Crippen molar-refractivity contribution in [1.82, 2.24) is 10.6 Å². The summed E-state index contributed by atoms with van der Waals surface area (Å²) in [4.78, 5) is 11.8. The zero-order chi connectivity index (χ0) is 17.8. The third kappa shape index (κ3) is 5.82. The molecule has 1 saturated carbocycles. The minimum absolute atomic E-state index is 0.0780. The van der Waals surface area contributed by atoms with Crippen LogP contribution in [0.1, 0.15) is 59.4 Å². The number of hydrogen-bond acceptors (Lipinski definition) is 3. The van der Waals surface area contributed by atoms with Gasteiger partial charge in [-0.2, -0.15) is 0 Å². The van der Waals surface area contributed by atoms with Gasteiger partial charge in [-0.05, 0) is 59.4 Å². The van der Waals surface area contributed by atoms with Gasteiger partial charge in [0.1, 0.15) is 5.60 Å². The van der Waals surface area contributed by atoms with Crippen molar-refractivity contribution in [3.63, 3.8) is 0 Å². The van der Waals surface area contributed by atoms with E-state index in [2.05, 4.69) is 47.9 Å². The Hall–Kier alpha value is -1.55. The van der Waals surface area contributed by atoms with Gasteiger partial charge >= 0.3 is 6.09 Å². The van der Waals surface area contributed by atoms with Gasteiger partial charge < -0.3 is 15.4 Å². The minimum atomic E-state index is -0.457. The van der Waals surface area contributed by atoms with Crippen molar-refractivity contribution in [3.05, 3.63) is 35.9 Å². The third-order valence-electron chi connectivity index (χ3n) is 4.50. The molecule has 1 aliphatic rings. The lowest BCUT2D eigenvalue weighted by molar-refractivity contribution is 0.0504. The maximum Gasteiger partial charge on any atom is 0.407 e. The first kappa shape index (κ1) is 18.8. The number of alkyl carbamates (subject to hydrolysis) is 1. The van der Waals surface area contributed by atoms with Gasteiger partial charge in [0, 0.05) is 24.0 Å². The number of carbonyl (C=O) groups is 1. The van der Waals surface area contributed by atoms with Crippen molar-refractivity contribution < 1.29 is 9.53 Å². The molecule has 0 radical (unpaired) electrons. The van der Waals surface area contributed by atoms with Gasteiger partial charge in [0.05, 0.1) is 0 Å². The Morgan fingerprint density at radius 3 is 2.33 bits per heavy atom. The van der Waals surface area contributed by atoms with E-state index in [0.717, 1.165) is 13.0 Å². The SMILES string of the molecule is C[C@H](C[C@H](C)NC(=O)OC(C)(C)C)NCC1(c2ccccc2)CC1. The summed E-state index contributed by atoms with van der Waals surface area (Å²) in [6, 6.07) is 11.2. The molecule has 0 spiro atoms. The van der Waals surface area contributed by atoms with E-state index >= 15 is 0 Å². The van der Waals surface area contributed by atoms with Crippen molar-refractivity contribution in [2.75, 3.05) is 6.54 Å². The Morgan fingerprint density at radius 1 is 1.17 bits per heavy atom. The molecule has 1 fully saturated rings. The molecule has 134 valence electrons. The van der Waals surface area contributed by atoms with Crippen LogP contribution in [0.25, 0.3) is 0 Å². The fourth-order valence-corrected chi connectivity index (χ4v) is 3.06. The van der Waals surface area contributed by atoms with Gasteiger partial charge in [0.15, 0.2) is 0 Å². The quantitative estimate of drug-likeness (QED) is 0.793. The maximum atomic E-state index is 11.8. The lowest BCUT2D eigenvalue weighted by atomic mass is 9.95. The second-order valence-corrected chi connectivity index (χ2v) is 8.21. The molecule has 24 heavy (non-hydrogen) atoms. The summed E-state index contributed by atoms with van der Waals surface area (Å²) in [5.74, 6) is 0. The number of ether oxygens (including phenoxy) is 1. The van der Waals surface area contributed by atoms with E-state index in [1.54, 1.807) is 0 Å². The molecule has 0 saturated heterocycles. The predicted molar refractivity (Wildman–Crippen MR) is 98.3 cm³/mol. The topological polar surface area (TPSA) is 50.4 Å². The van der Waals surface area contributed by atoms with Crippen LogP contribution >= 0.6 is 0 Å². The Labute approximate surface area is 146 Å². The molecule has 1 amide bonds. The summed E-state index contributed by atoms with van der Waals surface area (Å²) in [6.45, 7) is 10.8. The van der Waals surface area contributed by atoms with Crippen LogP contribution in [0, 0.1) is 0 Å². The van der Waals surface area contributed by atoms with Crippen molar-refractivity contribution in [1.29, 1.82) is 0 Å². The summed E-state index contributed by atoms with van der Waals surface area (Å²) < 4.78 is 5.30. The highest BCUT2D eigenvalue weighted by Crippen LogP contribution is 2.47. The number of rotatable bonds is 7. The van der Waals surface area contributed by atoms with Crippen LogP contribution in [0.15, 0.2) is 30.3 Å². The van der Waals surface area contributed by atoms with E-state index in [4.69, 9.17) is 4.74 Å². The van der Waals surface area contributed by atoms with Gasteiger partial charge in [-0.25, -0.2) is 4.79 Å². The zero-order valence-electron chi connectivity index (χ0n) is 15.7. The lowest BCUT2D eigenvalue weighted by Crippen LogP contribution is -2.42. The number of hydrogen-bond donors (Lipinski definition) is 2. The number of amides is 1. The third-order valence-corrected chi connectivity index (χ3v) is 4.50. The Kier molecular flexibility index (Phi) is 5.92. The molecule has 1 aromatic rings. The summed E-state index contributed by atoms with van der Waals surface area (Å²) in [6.07, 6.45) is 3.04. The fourth-order valence-electron chi connectivity index (χ4n) is 3.06. The highest BCUT2D eigenvalue weighted by atomic mass is 16.6. The average molecular weight is 332 g/mol. The number of benzene rings is 1. The van der Waals surface area contributed by atoms with E-state index in [-0.39, 0.29) is 12.1 Å². The van der Waals surface area contributed by atoms with E-state index in [1.807, 2.05) is 27.7 Å². The van der Waals surface area contributed by atoms with Crippen molar-refractivity contribution in [3.8, 4) is 0 Å². The summed E-state index contributed by atoms with van der Waals surface area (Å²) in [5.41, 5.74) is 1.30. The van der Waals surface area contributed by atoms with E-state index in [1.165, 1.54) is 18.4 Å². The number of carbonyl (C=O) groups excluding carboxylic acids is 1. The largest absolute Gasteiger partial charge is 0.444 e. The first-order chi connectivity index (χ1) is 11.2. The summed E-state index contributed by atoms with van der Waals surface area (Å²) >= 11 is 0. The molecule has 2 N–H and O–H groups in total. The van der Waals surface area contributed by atoms with Crippen LogP contribution in [0.5, 0.6) is 0 Å². The van der Waals surface area contributed by atoms with Crippen LogP contribution in [0.2, 0.25) is 0 Å². The molecule has 0 bridgehead atoms. The highest BCUT2D eigenvalue weighted by Gasteiger charge is 2.43. The van der Waals surface area contributed by atoms with Gasteiger partial charge in [0.2, 0.25) is 0 Å². The Morgan fingerprint density at radius 2 is 1.79 bits per heavy atom.